The topological polar surface area (TPSA) is 134 Å². The van der Waals surface area contributed by atoms with Gasteiger partial charge in [0.15, 0.2) is 22.6 Å². The van der Waals surface area contributed by atoms with Crippen LogP contribution in [0.5, 0.6) is 0 Å². The van der Waals surface area contributed by atoms with Crippen molar-refractivity contribution in [2.75, 3.05) is 54.4 Å². The Bertz CT molecular complexity index is 1490. The summed E-state index contributed by atoms with van der Waals surface area (Å²) in [6.45, 7) is 3.82. The van der Waals surface area contributed by atoms with Crippen LogP contribution in [0.4, 0.5) is 0 Å². The number of carbonyl (C=O) groups excluding carboxylic acids is 2. The van der Waals surface area contributed by atoms with Crippen LogP contribution in [0.15, 0.2) is 31.8 Å². The molecule has 11 nitrogen and oxygen atoms in total. The van der Waals surface area contributed by atoms with Crippen molar-refractivity contribution >= 4 is 44.7 Å². The molecule has 0 aliphatic heterocycles. The van der Waals surface area contributed by atoms with Gasteiger partial charge < -0.3 is 29.3 Å². The van der Waals surface area contributed by atoms with Gasteiger partial charge in [0.25, 0.3) is 11.8 Å². The van der Waals surface area contributed by atoms with Gasteiger partial charge >= 0.3 is 5.63 Å². The minimum absolute atomic E-state index is 0.0148. The minimum atomic E-state index is -0.530. The maximum Gasteiger partial charge on any atom is 0.336 e. The smallest absolute Gasteiger partial charge is 0.336 e. The van der Waals surface area contributed by atoms with E-state index in [9.17, 15) is 14.4 Å². The second kappa shape index (κ2) is 9.80. The quantitative estimate of drug-likeness (QED) is 0.359. The molecule has 3 heterocycles. The van der Waals surface area contributed by atoms with Gasteiger partial charge in [0.05, 0.1) is 10.8 Å². The number of nitrogens with one attached hydrogen (secondary N) is 2. The molecule has 1 aromatic carbocycles. The zero-order chi connectivity index (χ0) is 25.3. The highest BCUT2D eigenvalue weighted by Crippen LogP contribution is 2.37. The van der Waals surface area contributed by atoms with Gasteiger partial charge in [-0.15, -0.1) is 10.2 Å². The number of hydrogen-bond acceptors (Lipinski definition) is 9. The molecule has 0 bridgehead atoms. The van der Waals surface area contributed by atoms with Crippen LogP contribution < -0.4 is 16.3 Å². The number of aryl methyl sites for hydroxylation is 1. The predicted molar refractivity (Wildman–Crippen MR) is 132 cm³/mol. The Labute approximate surface area is 201 Å². The molecule has 0 unspecified atom stereocenters. The van der Waals surface area contributed by atoms with Gasteiger partial charge in [0, 0.05) is 37.6 Å². The fourth-order valence-electron chi connectivity index (χ4n) is 3.81. The van der Waals surface area contributed by atoms with E-state index in [4.69, 9.17) is 8.83 Å². The largest absolute Gasteiger partial charge is 0.453 e. The highest BCUT2D eigenvalue weighted by Gasteiger charge is 2.27. The van der Waals surface area contributed by atoms with Crippen LogP contribution >= 0.6 is 0 Å². The van der Waals surface area contributed by atoms with Crippen molar-refractivity contribution < 1.29 is 18.4 Å². The first-order valence-corrected chi connectivity index (χ1v) is 11.2. The number of rotatable bonds is 8. The lowest BCUT2D eigenvalue weighted by molar-refractivity contribution is 0.0931. The third-order valence-corrected chi connectivity index (χ3v) is 5.59. The average Bonchev–Trinajstić information content (AvgIpc) is 3.17. The van der Waals surface area contributed by atoms with Crippen molar-refractivity contribution in [3.63, 3.8) is 0 Å². The monoisotopic (exact) mass is 480 g/mol. The first kappa shape index (κ1) is 24.3. The number of amides is 2. The molecule has 4 rings (SSSR count). The number of carbonyl (C=O) groups is 2. The van der Waals surface area contributed by atoms with Crippen molar-refractivity contribution in [1.29, 1.82) is 0 Å². The summed E-state index contributed by atoms with van der Waals surface area (Å²) in [4.78, 5) is 42.1. The van der Waals surface area contributed by atoms with Gasteiger partial charge in [-0.1, -0.05) is 0 Å². The van der Waals surface area contributed by atoms with E-state index in [2.05, 4.69) is 20.8 Å². The summed E-state index contributed by atoms with van der Waals surface area (Å²) in [6, 6.07) is 4.88. The van der Waals surface area contributed by atoms with Gasteiger partial charge in [-0.2, -0.15) is 0 Å². The first-order chi connectivity index (χ1) is 16.7. The van der Waals surface area contributed by atoms with Crippen LogP contribution in [-0.2, 0) is 0 Å². The second-order valence-electron chi connectivity index (χ2n) is 8.89. The molecule has 2 N–H and O–H groups in total. The molecule has 0 fully saturated rings. The number of furan rings is 1. The van der Waals surface area contributed by atoms with Crippen LogP contribution in [-0.4, -0.2) is 86.2 Å². The maximum atomic E-state index is 13.1. The van der Waals surface area contributed by atoms with Gasteiger partial charge in [-0.05, 0) is 52.8 Å². The highest BCUT2D eigenvalue weighted by atomic mass is 16.4. The van der Waals surface area contributed by atoms with Crippen molar-refractivity contribution in [2.24, 2.45) is 0 Å². The molecule has 35 heavy (non-hydrogen) atoms. The molecule has 0 aliphatic rings. The summed E-state index contributed by atoms with van der Waals surface area (Å²) in [6.07, 6.45) is 0. The van der Waals surface area contributed by atoms with Crippen LogP contribution in [0.1, 0.15) is 26.5 Å². The van der Waals surface area contributed by atoms with E-state index in [1.807, 2.05) is 38.0 Å². The van der Waals surface area contributed by atoms with Crippen molar-refractivity contribution in [3.05, 3.63) is 45.6 Å². The van der Waals surface area contributed by atoms with E-state index in [0.29, 0.717) is 48.1 Å². The average molecular weight is 481 g/mol. The number of nitrogens with zero attached hydrogens (tertiary/aromatic N) is 4. The SMILES string of the molecule is Cc1cc(=O)oc2c1ccc1oc3c(C(=O)NCCN(C)C)nnc(C(=O)NCCN(C)C)c3c12. The number of hydrogen-bond donors (Lipinski definition) is 2. The Morgan fingerprint density at radius 1 is 0.857 bits per heavy atom. The van der Waals surface area contributed by atoms with E-state index in [1.54, 1.807) is 19.1 Å². The molecule has 0 atom stereocenters. The van der Waals surface area contributed by atoms with Crippen LogP contribution in [0.2, 0.25) is 0 Å². The Balaban J connectivity index is 1.93. The zero-order valence-electron chi connectivity index (χ0n) is 20.4. The summed E-state index contributed by atoms with van der Waals surface area (Å²) in [7, 11) is 7.59. The molecule has 0 saturated carbocycles. The second-order valence-corrected chi connectivity index (χ2v) is 8.89. The maximum absolute atomic E-state index is 13.1. The van der Waals surface area contributed by atoms with Gasteiger partial charge in [-0.25, -0.2) is 4.79 Å². The van der Waals surface area contributed by atoms with E-state index in [1.165, 1.54) is 6.07 Å². The van der Waals surface area contributed by atoms with Crippen molar-refractivity contribution in [2.45, 2.75) is 6.92 Å². The van der Waals surface area contributed by atoms with Gasteiger partial charge in [-0.3, -0.25) is 9.59 Å². The third-order valence-electron chi connectivity index (χ3n) is 5.59. The van der Waals surface area contributed by atoms with Crippen molar-refractivity contribution in [3.8, 4) is 0 Å². The van der Waals surface area contributed by atoms with Gasteiger partial charge in [0.1, 0.15) is 5.58 Å². The van der Waals surface area contributed by atoms with E-state index < -0.39 is 17.4 Å². The number of fused-ring (bicyclic) bond motifs is 5. The highest BCUT2D eigenvalue weighted by molar-refractivity contribution is 6.24. The minimum Gasteiger partial charge on any atom is -0.453 e. The standard InChI is InChI=1S/C24H28N6O5/c1-13-12-16(31)35-21-14(13)6-7-15-17(21)18-19(23(32)25-8-10-29(2)3)27-28-20(22(18)34-15)24(33)26-9-11-30(4)5/h6-7,12H,8-11H2,1-5H3,(H,25,32)(H,26,33). The van der Waals surface area contributed by atoms with Gasteiger partial charge in [0.2, 0.25) is 0 Å². The van der Waals surface area contributed by atoms with Crippen molar-refractivity contribution in [1.82, 2.24) is 30.6 Å². The fraction of sp³-hybridized carbons (Fsp3) is 0.375. The van der Waals surface area contributed by atoms with Crippen LogP contribution in [0, 0.1) is 6.92 Å². The number of benzene rings is 1. The van der Waals surface area contributed by atoms with E-state index in [-0.39, 0.29) is 27.9 Å². The Kier molecular flexibility index (Phi) is 6.81. The lowest BCUT2D eigenvalue weighted by atomic mass is 10.0. The fourth-order valence-corrected chi connectivity index (χ4v) is 3.81. The molecular weight excluding hydrogens is 452 g/mol. The summed E-state index contributed by atoms with van der Waals surface area (Å²) in [5.74, 6) is -0.955. The molecule has 2 amide bonds. The molecule has 0 spiro atoms. The molecule has 3 aromatic heterocycles. The Morgan fingerprint density at radius 2 is 1.46 bits per heavy atom. The Hall–Kier alpha value is -3.83. The molecule has 4 aromatic rings. The number of likely N-dealkylation sites (N-methyl/N-ethyl adjacent to an activating group) is 2. The molecule has 0 saturated heterocycles. The lowest BCUT2D eigenvalue weighted by Crippen LogP contribution is -2.33. The summed E-state index contributed by atoms with van der Waals surface area (Å²) >= 11 is 0. The van der Waals surface area contributed by atoms with E-state index >= 15 is 0 Å². The Morgan fingerprint density at radius 3 is 2.09 bits per heavy atom. The summed E-state index contributed by atoms with van der Waals surface area (Å²) < 4.78 is 11.6. The molecule has 184 valence electrons. The summed E-state index contributed by atoms with van der Waals surface area (Å²) in [5, 5.41) is 15.1. The van der Waals surface area contributed by atoms with Crippen LogP contribution in [0.3, 0.4) is 0 Å². The van der Waals surface area contributed by atoms with E-state index in [0.717, 1.165) is 0 Å². The molecule has 11 heteroatoms. The first-order valence-electron chi connectivity index (χ1n) is 11.2. The zero-order valence-corrected chi connectivity index (χ0v) is 20.4. The molecule has 0 aliphatic carbocycles. The predicted octanol–water partition coefficient (Wildman–Crippen LogP) is 1.37. The normalized spacial score (nSPS) is 11.7. The molecule has 0 radical (unpaired) electrons. The summed E-state index contributed by atoms with van der Waals surface area (Å²) in [5.41, 5.74) is 0.834. The van der Waals surface area contributed by atoms with Crippen LogP contribution in [0.25, 0.3) is 32.9 Å². The molecular formula is C24H28N6O5. The number of aromatic nitrogens is 2. The third kappa shape index (κ3) is 4.86. The lowest BCUT2D eigenvalue weighted by Gasteiger charge is -2.11.